The minimum atomic E-state index is -0.0252. The maximum Gasteiger partial charge on any atom is 0.277 e. The average molecular weight is 322 g/mol. The molecule has 0 spiro atoms. The third-order valence-electron chi connectivity index (χ3n) is 4.91. The topological polar surface area (TPSA) is 49.3 Å². The highest BCUT2D eigenvalue weighted by molar-refractivity contribution is 6.05. The number of fused-ring (bicyclic) bond motifs is 1. The van der Waals surface area contributed by atoms with E-state index in [9.17, 15) is 4.79 Å². The van der Waals surface area contributed by atoms with Crippen LogP contribution in [0.1, 0.15) is 41.7 Å². The van der Waals surface area contributed by atoms with E-state index >= 15 is 0 Å². The first-order valence-electron chi connectivity index (χ1n) is 8.80. The highest BCUT2D eigenvalue weighted by Gasteiger charge is 2.25. The van der Waals surface area contributed by atoms with E-state index in [1.54, 1.807) is 0 Å². The number of nitrogens with zero attached hydrogens (tertiary/aromatic N) is 4. The molecule has 0 unspecified atom stereocenters. The van der Waals surface area contributed by atoms with Gasteiger partial charge in [-0.15, -0.1) is 0 Å². The molecule has 1 aromatic carbocycles. The number of carbonyl (C=O) groups excluding carboxylic acids is 1. The minimum Gasteiger partial charge on any atom is -0.357 e. The molecule has 124 valence electrons. The molecule has 2 aromatic rings. The van der Waals surface area contributed by atoms with Crippen molar-refractivity contribution in [2.24, 2.45) is 0 Å². The van der Waals surface area contributed by atoms with Crippen molar-refractivity contribution >= 4 is 17.4 Å². The van der Waals surface area contributed by atoms with Gasteiger partial charge in [-0.1, -0.05) is 18.2 Å². The van der Waals surface area contributed by atoms with Crippen molar-refractivity contribution in [3.63, 3.8) is 0 Å². The van der Waals surface area contributed by atoms with Gasteiger partial charge in [0.2, 0.25) is 0 Å². The minimum absolute atomic E-state index is 0.0252. The van der Waals surface area contributed by atoms with Crippen LogP contribution in [0.25, 0.3) is 0 Å². The Labute approximate surface area is 142 Å². The van der Waals surface area contributed by atoms with Gasteiger partial charge in [-0.05, 0) is 43.7 Å². The Morgan fingerprint density at radius 1 is 0.958 bits per heavy atom. The molecule has 4 rings (SSSR count). The van der Waals surface area contributed by atoms with Crippen LogP contribution in [-0.2, 0) is 6.42 Å². The van der Waals surface area contributed by atoms with E-state index in [0.717, 1.165) is 44.0 Å². The van der Waals surface area contributed by atoms with E-state index in [-0.39, 0.29) is 5.91 Å². The summed E-state index contributed by atoms with van der Waals surface area (Å²) in [6.45, 7) is 2.77. The Morgan fingerprint density at radius 3 is 2.67 bits per heavy atom. The molecule has 0 radical (unpaired) electrons. The van der Waals surface area contributed by atoms with Crippen LogP contribution >= 0.6 is 0 Å². The van der Waals surface area contributed by atoms with Crippen molar-refractivity contribution in [1.29, 1.82) is 0 Å². The van der Waals surface area contributed by atoms with Crippen molar-refractivity contribution in [2.45, 2.75) is 32.1 Å². The lowest BCUT2D eigenvalue weighted by Crippen LogP contribution is -2.36. The molecule has 5 nitrogen and oxygen atoms in total. The summed E-state index contributed by atoms with van der Waals surface area (Å²) >= 11 is 0. The number of hydrogen-bond donors (Lipinski definition) is 0. The molecule has 2 aliphatic rings. The molecule has 1 aromatic heterocycles. The standard InChI is InChI=1S/C19H22N4O/c24-19(23-12-6-8-15-7-2-3-9-17(15)23)16-13-18(21-14-20-16)22-10-4-1-5-11-22/h2-3,7,9,13-14H,1,4-6,8,10-12H2. The van der Waals surface area contributed by atoms with E-state index in [1.165, 1.54) is 31.2 Å². The third kappa shape index (κ3) is 2.86. The molecule has 1 saturated heterocycles. The molecule has 2 aliphatic heterocycles. The van der Waals surface area contributed by atoms with Gasteiger partial charge in [0.25, 0.3) is 5.91 Å². The molecule has 24 heavy (non-hydrogen) atoms. The number of aromatic nitrogens is 2. The summed E-state index contributed by atoms with van der Waals surface area (Å²) in [6.07, 6.45) is 7.19. The second-order valence-corrected chi connectivity index (χ2v) is 6.50. The highest BCUT2D eigenvalue weighted by Crippen LogP contribution is 2.28. The first-order valence-corrected chi connectivity index (χ1v) is 8.80. The number of hydrogen-bond acceptors (Lipinski definition) is 4. The van der Waals surface area contributed by atoms with Crippen molar-refractivity contribution in [2.75, 3.05) is 29.4 Å². The largest absolute Gasteiger partial charge is 0.357 e. The van der Waals surface area contributed by atoms with Gasteiger partial charge in [-0.3, -0.25) is 4.79 Å². The monoisotopic (exact) mass is 322 g/mol. The second kappa shape index (κ2) is 6.59. The molecular formula is C19H22N4O. The van der Waals surface area contributed by atoms with Gasteiger partial charge in [0.05, 0.1) is 0 Å². The third-order valence-corrected chi connectivity index (χ3v) is 4.91. The maximum atomic E-state index is 13.0. The zero-order chi connectivity index (χ0) is 16.4. The van der Waals surface area contributed by atoms with Crippen molar-refractivity contribution in [1.82, 2.24) is 9.97 Å². The van der Waals surface area contributed by atoms with E-state index < -0.39 is 0 Å². The fraction of sp³-hybridized carbons (Fsp3) is 0.421. The molecule has 1 fully saturated rings. The number of amides is 1. The zero-order valence-corrected chi connectivity index (χ0v) is 13.8. The van der Waals surface area contributed by atoms with Gasteiger partial charge in [0, 0.05) is 31.4 Å². The second-order valence-electron chi connectivity index (χ2n) is 6.50. The lowest BCUT2D eigenvalue weighted by Gasteiger charge is -2.30. The number of piperidine rings is 1. The van der Waals surface area contributed by atoms with Gasteiger partial charge in [-0.2, -0.15) is 0 Å². The van der Waals surface area contributed by atoms with Crippen LogP contribution in [-0.4, -0.2) is 35.5 Å². The van der Waals surface area contributed by atoms with Crippen LogP contribution in [0, 0.1) is 0 Å². The van der Waals surface area contributed by atoms with Crippen molar-refractivity contribution in [3.8, 4) is 0 Å². The van der Waals surface area contributed by atoms with Gasteiger partial charge >= 0.3 is 0 Å². The predicted molar refractivity (Wildman–Crippen MR) is 94.5 cm³/mol. The van der Waals surface area contributed by atoms with E-state index in [2.05, 4.69) is 20.9 Å². The molecule has 0 N–H and O–H groups in total. The van der Waals surface area contributed by atoms with Gasteiger partial charge < -0.3 is 9.80 Å². The summed E-state index contributed by atoms with van der Waals surface area (Å²) in [7, 11) is 0. The Bertz CT molecular complexity index is 740. The van der Waals surface area contributed by atoms with Crippen LogP contribution in [0.5, 0.6) is 0 Å². The molecule has 5 heteroatoms. The highest BCUT2D eigenvalue weighted by atomic mass is 16.2. The summed E-state index contributed by atoms with van der Waals surface area (Å²) in [5.41, 5.74) is 2.75. The van der Waals surface area contributed by atoms with Crippen LogP contribution in [0.3, 0.4) is 0 Å². The summed E-state index contributed by atoms with van der Waals surface area (Å²) < 4.78 is 0. The van der Waals surface area contributed by atoms with E-state index in [1.807, 2.05) is 29.2 Å². The molecule has 3 heterocycles. The van der Waals surface area contributed by atoms with Crippen molar-refractivity contribution < 1.29 is 4.79 Å². The fourth-order valence-electron chi connectivity index (χ4n) is 3.64. The van der Waals surface area contributed by atoms with Gasteiger partial charge in [0.1, 0.15) is 17.8 Å². The van der Waals surface area contributed by atoms with Crippen LogP contribution in [0.4, 0.5) is 11.5 Å². The van der Waals surface area contributed by atoms with E-state index in [4.69, 9.17) is 0 Å². The Kier molecular flexibility index (Phi) is 4.15. The summed E-state index contributed by atoms with van der Waals surface area (Å²) in [6, 6.07) is 10.0. The summed E-state index contributed by atoms with van der Waals surface area (Å²) in [4.78, 5) is 25.8. The summed E-state index contributed by atoms with van der Waals surface area (Å²) in [5, 5.41) is 0. The number of rotatable bonds is 2. The molecular weight excluding hydrogens is 300 g/mol. The van der Waals surface area contributed by atoms with E-state index in [0.29, 0.717) is 5.69 Å². The first-order chi connectivity index (χ1) is 11.8. The fourth-order valence-corrected chi connectivity index (χ4v) is 3.64. The van der Waals surface area contributed by atoms with Crippen LogP contribution in [0.15, 0.2) is 36.7 Å². The van der Waals surface area contributed by atoms with Crippen LogP contribution < -0.4 is 9.80 Å². The average Bonchev–Trinajstić information content (AvgIpc) is 2.68. The maximum absolute atomic E-state index is 13.0. The van der Waals surface area contributed by atoms with Gasteiger partial charge in [-0.25, -0.2) is 9.97 Å². The van der Waals surface area contributed by atoms with Crippen molar-refractivity contribution in [3.05, 3.63) is 47.9 Å². The van der Waals surface area contributed by atoms with Gasteiger partial charge in [0.15, 0.2) is 0 Å². The summed E-state index contributed by atoms with van der Waals surface area (Å²) in [5.74, 6) is 0.848. The Hall–Kier alpha value is -2.43. The SMILES string of the molecule is O=C(c1cc(N2CCCCC2)ncn1)N1CCCc2ccccc21. The number of aryl methyl sites for hydroxylation is 1. The molecule has 0 saturated carbocycles. The number of benzene rings is 1. The molecule has 0 aliphatic carbocycles. The lowest BCUT2D eigenvalue weighted by molar-refractivity contribution is 0.0980. The molecule has 1 amide bonds. The molecule has 0 bridgehead atoms. The molecule has 0 atom stereocenters. The van der Waals surface area contributed by atoms with Crippen LogP contribution in [0.2, 0.25) is 0 Å². The number of anilines is 2. The smallest absolute Gasteiger partial charge is 0.277 e. The quantitative estimate of drug-likeness (QED) is 0.852. The lowest BCUT2D eigenvalue weighted by atomic mass is 10.0. The number of para-hydroxylation sites is 1. The normalized spacial score (nSPS) is 17.5. The zero-order valence-electron chi connectivity index (χ0n) is 13.8. The number of carbonyl (C=O) groups is 1. The Balaban J connectivity index is 1.61. The predicted octanol–water partition coefficient (Wildman–Crippen LogP) is 3.06. The first kappa shape index (κ1) is 15.1. The Morgan fingerprint density at radius 2 is 1.79 bits per heavy atom.